The van der Waals surface area contributed by atoms with E-state index < -0.39 is 17.5 Å². The van der Waals surface area contributed by atoms with Crippen molar-refractivity contribution in [1.29, 1.82) is 0 Å². The third-order valence-corrected chi connectivity index (χ3v) is 2.93. The number of rotatable bonds is 4. The van der Waals surface area contributed by atoms with E-state index >= 15 is 0 Å². The maximum atomic E-state index is 13.9. The number of halogens is 2. The van der Waals surface area contributed by atoms with Gasteiger partial charge in [0.2, 0.25) is 0 Å². The van der Waals surface area contributed by atoms with E-state index in [2.05, 4.69) is 5.32 Å². The standard InChI is InChI=1S/C16H15F2NO2/c1-3-21-14-9-11(17)7-8-13(14)19-16(20)12-6-4-5-10(2)15(12)18/h4-9H,3H2,1-2H3,(H,19,20). The molecule has 0 heterocycles. The number of ether oxygens (including phenoxy) is 1. The van der Waals surface area contributed by atoms with Crippen LogP contribution in [0.15, 0.2) is 36.4 Å². The van der Waals surface area contributed by atoms with Crippen LogP contribution < -0.4 is 10.1 Å². The van der Waals surface area contributed by atoms with Crippen molar-refractivity contribution in [3.8, 4) is 5.75 Å². The lowest BCUT2D eigenvalue weighted by Crippen LogP contribution is -2.15. The Kier molecular flexibility index (Phi) is 4.52. The molecule has 21 heavy (non-hydrogen) atoms. The van der Waals surface area contributed by atoms with Crippen LogP contribution in [0.1, 0.15) is 22.8 Å². The van der Waals surface area contributed by atoms with Crippen LogP contribution in [-0.2, 0) is 0 Å². The van der Waals surface area contributed by atoms with Crippen LogP contribution in [0.5, 0.6) is 5.75 Å². The highest BCUT2D eigenvalue weighted by atomic mass is 19.1. The van der Waals surface area contributed by atoms with Gasteiger partial charge < -0.3 is 10.1 Å². The first-order valence-electron chi connectivity index (χ1n) is 6.51. The number of amides is 1. The van der Waals surface area contributed by atoms with Crippen LogP contribution in [0.2, 0.25) is 0 Å². The molecule has 0 spiro atoms. The van der Waals surface area contributed by atoms with Crippen molar-refractivity contribution in [1.82, 2.24) is 0 Å². The van der Waals surface area contributed by atoms with Gasteiger partial charge >= 0.3 is 0 Å². The molecule has 2 aromatic rings. The molecule has 0 aromatic heterocycles. The Balaban J connectivity index is 2.29. The summed E-state index contributed by atoms with van der Waals surface area (Å²) in [6.07, 6.45) is 0. The fourth-order valence-corrected chi connectivity index (χ4v) is 1.89. The number of nitrogens with one attached hydrogen (secondary N) is 1. The number of carbonyl (C=O) groups excluding carboxylic acids is 1. The Labute approximate surface area is 121 Å². The van der Waals surface area contributed by atoms with Gasteiger partial charge in [0.05, 0.1) is 17.9 Å². The summed E-state index contributed by atoms with van der Waals surface area (Å²) in [6.45, 7) is 3.65. The van der Waals surface area contributed by atoms with Crippen molar-refractivity contribution in [2.45, 2.75) is 13.8 Å². The summed E-state index contributed by atoms with van der Waals surface area (Å²) >= 11 is 0. The minimum absolute atomic E-state index is 0.0678. The van der Waals surface area contributed by atoms with Gasteiger partial charge in [0.15, 0.2) is 0 Å². The van der Waals surface area contributed by atoms with Crippen molar-refractivity contribution in [2.75, 3.05) is 11.9 Å². The average Bonchev–Trinajstić information content (AvgIpc) is 2.45. The zero-order chi connectivity index (χ0) is 15.4. The van der Waals surface area contributed by atoms with Gasteiger partial charge in [0.25, 0.3) is 5.91 Å². The second-order valence-electron chi connectivity index (χ2n) is 4.46. The lowest BCUT2D eigenvalue weighted by Gasteiger charge is -2.12. The summed E-state index contributed by atoms with van der Waals surface area (Å²) < 4.78 is 32.4. The lowest BCUT2D eigenvalue weighted by atomic mass is 10.1. The molecule has 2 rings (SSSR count). The topological polar surface area (TPSA) is 38.3 Å². The Bertz CT molecular complexity index is 671. The molecule has 1 N–H and O–H groups in total. The molecule has 0 aliphatic heterocycles. The van der Waals surface area contributed by atoms with E-state index in [0.717, 1.165) is 0 Å². The Morgan fingerprint density at radius 2 is 2.00 bits per heavy atom. The maximum absolute atomic E-state index is 13.9. The van der Waals surface area contributed by atoms with E-state index in [4.69, 9.17) is 4.74 Å². The smallest absolute Gasteiger partial charge is 0.258 e. The number of anilines is 1. The van der Waals surface area contributed by atoms with Crippen LogP contribution in [0, 0.1) is 18.6 Å². The molecule has 0 fully saturated rings. The molecule has 0 saturated carbocycles. The molecule has 0 unspecified atom stereocenters. The summed E-state index contributed by atoms with van der Waals surface area (Å²) in [4.78, 5) is 12.1. The highest BCUT2D eigenvalue weighted by Crippen LogP contribution is 2.26. The summed E-state index contributed by atoms with van der Waals surface area (Å²) in [6, 6.07) is 8.32. The first kappa shape index (κ1) is 15.0. The zero-order valence-electron chi connectivity index (χ0n) is 11.7. The third-order valence-electron chi connectivity index (χ3n) is 2.93. The SMILES string of the molecule is CCOc1cc(F)ccc1NC(=O)c1cccc(C)c1F. The van der Waals surface area contributed by atoms with E-state index in [9.17, 15) is 13.6 Å². The number of carbonyl (C=O) groups is 1. The van der Waals surface area contributed by atoms with Gasteiger partial charge in [0.1, 0.15) is 17.4 Å². The average molecular weight is 291 g/mol. The largest absolute Gasteiger partial charge is 0.492 e. The van der Waals surface area contributed by atoms with Gasteiger partial charge in [-0.25, -0.2) is 8.78 Å². The number of benzene rings is 2. The molecule has 0 aliphatic carbocycles. The van der Waals surface area contributed by atoms with Gasteiger partial charge in [-0.1, -0.05) is 12.1 Å². The van der Waals surface area contributed by atoms with Crippen molar-refractivity contribution < 1.29 is 18.3 Å². The molecule has 0 radical (unpaired) electrons. The predicted molar refractivity (Wildman–Crippen MR) is 76.7 cm³/mol. The zero-order valence-corrected chi connectivity index (χ0v) is 11.7. The maximum Gasteiger partial charge on any atom is 0.258 e. The van der Waals surface area contributed by atoms with Gasteiger partial charge in [0, 0.05) is 6.07 Å². The Morgan fingerprint density at radius 1 is 1.24 bits per heavy atom. The van der Waals surface area contributed by atoms with Gasteiger partial charge in [-0.3, -0.25) is 4.79 Å². The number of aryl methyl sites for hydroxylation is 1. The molecule has 3 nitrogen and oxygen atoms in total. The van der Waals surface area contributed by atoms with Crippen molar-refractivity contribution in [3.05, 3.63) is 59.2 Å². The fourth-order valence-electron chi connectivity index (χ4n) is 1.89. The van der Waals surface area contributed by atoms with E-state index in [1.807, 2.05) is 0 Å². The lowest BCUT2D eigenvalue weighted by molar-refractivity contribution is 0.102. The normalized spacial score (nSPS) is 10.3. The van der Waals surface area contributed by atoms with Crippen molar-refractivity contribution in [3.63, 3.8) is 0 Å². The van der Waals surface area contributed by atoms with Crippen molar-refractivity contribution >= 4 is 11.6 Å². The van der Waals surface area contributed by atoms with E-state index in [0.29, 0.717) is 17.9 Å². The van der Waals surface area contributed by atoms with Crippen LogP contribution in [-0.4, -0.2) is 12.5 Å². The van der Waals surface area contributed by atoms with Crippen LogP contribution in [0.3, 0.4) is 0 Å². The molecular weight excluding hydrogens is 276 g/mol. The monoisotopic (exact) mass is 291 g/mol. The van der Waals surface area contributed by atoms with Crippen molar-refractivity contribution in [2.24, 2.45) is 0 Å². The quantitative estimate of drug-likeness (QED) is 0.927. The summed E-state index contributed by atoms with van der Waals surface area (Å²) in [5.41, 5.74) is 0.609. The molecule has 5 heteroatoms. The third kappa shape index (κ3) is 3.37. The minimum Gasteiger partial charge on any atom is -0.492 e. The molecule has 1 amide bonds. The van der Waals surface area contributed by atoms with Crippen LogP contribution in [0.4, 0.5) is 14.5 Å². The Hall–Kier alpha value is -2.43. The summed E-state index contributed by atoms with van der Waals surface area (Å²) in [7, 11) is 0. The molecule has 110 valence electrons. The van der Waals surface area contributed by atoms with Crippen LogP contribution >= 0.6 is 0 Å². The number of hydrogen-bond donors (Lipinski definition) is 1. The molecule has 0 atom stereocenters. The van der Waals surface area contributed by atoms with E-state index in [-0.39, 0.29) is 11.3 Å². The highest BCUT2D eigenvalue weighted by molar-refractivity contribution is 6.05. The summed E-state index contributed by atoms with van der Waals surface area (Å²) in [5.74, 6) is -1.45. The van der Waals surface area contributed by atoms with Gasteiger partial charge in [-0.15, -0.1) is 0 Å². The molecule has 2 aromatic carbocycles. The summed E-state index contributed by atoms with van der Waals surface area (Å²) in [5, 5.41) is 2.54. The number of hydrogen-bond acceptors (Lipinski definition) is 2. The van der Waals surface area contributed by atoms with E-state index in [1.165, 1.54) is 24.3 Å². The fraction of sp³-hybridized carbons (Fsp3) is 0.188. The molecule has 0 aliphatic rings. The first-order chi connectivity index (χ1) is 10.0. The minimum atomic E-state index is -0.608. The highest BCUT2D eigenvalue weighted by Gasteiger charge is 2.15. The first-order valence-corrected chi connectivity index (χ1v) is 6.51. The second kappa shape index (κ2) is 6.35. The van der Waals surface area contributed by atoms with Gasteiger partial charge in [-0.2, -0.15) is 0 Å². The van der Waals surface area contributed by atoms with Gasteiger partial charge in [-0.05, 0) is 37.6 Å². The predicted octanol–water partition coefficient (Wildman–Crippen LogP) is 3.92. The second-order valence-corrected chi connectivity index (χ2v) is 4.46. The molecular formula is C16H15F2NO2. The van der Waals surface area contributed by atoms with E-state index in [1.54, 1.807) is 26.0 Å². The Morgan fingerprint density at radius 3 is 2.71 bits per heavy atom. The van der Waals surface area contributed by atoms with Crippen LogP contribution in [0.25, 0.3) is 0 Å². The molecule has 0 bridgehead atoms. The molecule has 0 saturated heterocycles.